The number of hydrogen-bond donors (Lipinski definition) is 3. The molecule has 0 aromatic carbocycles. The zero-order valence-corrected chi connectivity index (χ0v) is 4.45. The normalized spacial score (nSPS) is 6.75. The van der Waals surface area contributed by atoms with E-state index >= 15 is 0 Å². The maximum absolute atomic E-state index is 8.11. The second-order valence-corrected chi connectivity index (χ2v) is 0.947. The molecule has 0 spiro atoms. The molecule has 8 heavy (non-hydrogen) atoms. The van der Waals surface area contributed by atoms with E-state index in [1.54, 1.807) is 0 Å². The Hall–Kier alpha value is -0.680. The summed E-state index contributed by atoms with van der Waals surface area (Å²) in [6.07, 6.45) is 0.722. The molecule has 0 saturated carbocycles. The van der Waals surface area contributed by atoms with Crippen molar-refractivity contribution < 1.29 is 10.3 Å². The molecule has 0 amide bonds. The van der Waals surface area contributed by atoms with Crippen molar-refractivity contribution in [2.24, 2.45) is 11.1 Å². The van der Waals surface area contributed by atoms with Gasteiger partial charge in [0.2, 0.25) is 0 Å². The van der Waals surface area contributed by atoms with Crippen molar-refractivity contribution in [2.75, 3.05) is 13.2 Å². The first-order valence-corrected chi connectivity index (χ1v) is 2.11. The highest BCUT2D eigenvalue weighted by molar-refractivity contribution is 4.28. The van der Waals surface area contributed by atoms with Crippen LogP contribution in [0.4, 0.5) is 0 Å². The molecule has 50 valence electrons. The quantitative estimate of drug-likeness (QED) is 0.339. The predicted molar refractivity (Wildman–Crippen MR) is 28.3 cm³/mol. The second-order valence-electron chi connectivity index (χ2n) is 0.947. The molecule has 0 rings (SSSR count). The van der Waals surface area contributed by atoms with Gasteiger partial charge in [-0.1, -0.05) is 0 Å². The van der Waals surface area contributed by atoms with Crippen molar-refractivity contribution in [3.63, 3.8) is 0 Å². The lowest BCUT2D eigenvalue weighted by Crippen LogP contribution is -1.99. The van der Waals surface area contributed by atoms with E-state index in [4.69, 9.17) is 21.0 Å². The van der Waals surface area contributed by atoms with Crippen LogP contribution in [0.1, 0.15) is 6.42 Å². The molecule has 4 N–H and O–H groups in total. The molecule has 0 radical (unpaired) electrons. The van der Waals surface area contributed by atoms with Crippen LogP contribution in [0, 0.1) is 4.91 Å². The Morgan fingerprint density at radius 2 is 2.00 bits per heavy atom. The van der Waals surface area contributed by atoms with Crippen molar-refractivity contribution in [3.8, 4) is 0 Å². The number of aliphatic hydroxyl groups excluding tert-OH is 1. The third-order valence-electron chi connectivity index (χ3n) is 0.362. The Morgan fingerprint density at radius 3 is 2.00 bits per heavy atom. The van der Waals surface area contributed by atoms with E-state index in [9.17, 15) is 0 Å². The van der Waals surface area contributed by atoms with Crippen molar-refractivity contribution in [1.29, 1.82) is 0 Å². The van der Waals surface area contributed by atoms with Gasteiger partial charge in [0.05, 0.1) is 0 Å². The van der Waals surface area contributed by atoms with Gasteiger partial charge in [-0.3, -0.25) is 0 Å². The Labute approximate surface area is 47.1 Å². The number of hydrogen-bond acceptors (Lipinski definition) is 4. The minimum Gasteiger partial charge on any atom is -0.396 e. The van der Waals surface area contributed by atoms with Gasteiger partial charge in [0.1, 0.15) is 0 Å². The van der Waals surface area contributed by atoms with Crippen LogP contribution in [0.2, 0.25) is 0 Å². The average Bonchev–Trinajstić information content (AvgIpc) is 1.71. The van der Waals surface area contributed by atoms with Crippen molar-refractivity contribution in [2.45, 2.75) is 6.42 Å². The molecule has 0 fully saturated rings. The summed E-state index contributed by atoms with van der Waals surface area (Å²) in [5, 5.41) is 15.9. The van der Waals surface area contributed by atoms with Crippen molar-refractivity contribution in [1.82, 2.24) is 0 Å². The highest BCUT2D eigenvalue weighted by atomic mass is 16.6. The van der Waals surface area contributed by atoms with Crippen molar-refractivity contribution in [3.05, 3.63) is 4.91 Å². The number of aliphatic hydroxyl groups is 1. The van der Waals surface area contributed by atoms with Gasteiger partial charge in [-0.2, -0.15) is 0 Å². The summed E-state index contributed by atoms with van der Waals surface area (Å²) >= 11 is 0. The van der Waals surface area contributed by atoms with Gasteiger partial charge in [-0.15, -0.1) is 4.91 Å². The van der Waals surface area contributed by atoms with E-state index < -0.39 is 0 Å². The van der Waals surface area contributed by atoms with E-state index in [2.05, 4.69) is 0 Å². The van der Waals surface area contributed by atoms with Crippen LogP contribution in [-0.2, 0) is 0 Å². The Bertz CT molecular complexity index is 39.5. The molecular weight excluding hydrogens is 112 g/mol. The summed E-state index contributed by atoms with van der Waals surface area (Å²) in [7, 11) is 0. The van der Waals surface area contributed by atoms with E-state index in [1.807, 2.05) is 0 Å². The van der Waals surface area contributed by atoms with Crippen LogP contribution >= 0.6 is 0 Å². The molecule has 0 atom stereocenters. The third-order valence-corrected chi connectivity index (χ3v) is 0.362. The van der Waals surface area contributed by atoms with Gasteiger partial charge < -0.3 is 16.0 Å². The van der Waals surface area contributed by atoms with Crippen LogP contribution in [0.15, 0.2) is 5.34 Å². The smallest absolute Gasteiger partial charge is 0.152 e. The molecular formula is C3H10N2O3. The monoisotopic (exact) mass is 122 g/mol. The molecule has 5 heteroatoms. The molecule has 0 saturated heterocycles. The highest BCUT2D eigenvalue weighted by Crippen LogP contribution is 1.62. The molecule has 0 aromatic heterocycles. The Balaban J connectivity index is 0. The third kappa shape index (κ3) is 57.0. The fourth-order valence-corrected chi connectivity index (χ4v) is 0.0913. The number of nitrogens with two attached hydrogens (primary N) is 1. The maximum Gasteiger partial charge on any atom is 0.152 e. The van der Waals surface area contributed by atoms with Gasteiger partial charge in [-0.05, 0) is 13.0 Å². The van der Waals surface area contributed by atoms with Crippen LogP contribution < -0.4 is 5.73 Å². The molecule has 0 unspecified atom stereocenters. The van der Waals surface area contributed by atoms with Crippen LogP contribution in [-0.4, -0.2) is 23.5 Å². The largest absolute Gasteiger partial charge is 0.396 e. The summed E-state index contributed by atoms with van der Waals surface area (Å²) < 4.78 is 0. The zero-order chi connectivity index (χ0) is 6.83. The lowest BCUT2D eigenvalue weighted by molar-refractivity contribution is 0.291. The summed E-state index contributed by atoms with van der Waals surface area (Å²) in [6.45, 7) is 0.812. The fraction of sp³-hybridized carbons (Fsp3) is 1.00. The first-order chi connectivity index (χ1) is 3.83. The summed E-state index contributed by atoms with van der Waals surface area (Å²) in [5.74, 6) is 0. The standard InChI is InChI=1S/C3H9NO.HNO2/c4-2-1-3-5;2-1-3/h5H,1-4H2;(H,2,3). The van der Waals surface area contributed by atoms with Gasteiger partial charge >= 0.3 is 0 Å². The number of rotatable bonds is 2. The molecule has 0 aliphatic heterocycles. The zero-order valence-electron chi connectivity index (χ0n) is 4.45. The molecule has 0 bridgehead atoms. The van der Waals surface area contributed by atoms with Gasteiger partial charge in [0, 0.05) is 6.61 Å². The molecule has 0 aliphatic rings. The molecule has 5 nitrogen and oxygen atoms in total. The first kappa shape index (κ1) is 10.3. The van der Waals surface area contributed by atoms with Gasteiger partial charge in [-0.25, -0.2) is 0 Å². The molecule has 0 aliphatic carbocycles. The lowest BCUT2D eigenvalue weighted by Gasteiger charge is -1.80. The first-order valence-electron chi connectivity index (χ1n) is 2.11. The lowest BCUT2D eigenvalue weighted by atomic mass is 10.5. The van der Waals surface area contributed by atoms with Crippen LogP contribution in [0.25, 0.3) is 0 Å². The van der Waals surface area contributed by atoms with Crippen molar-refractivity contribution >= 4 is 0 Å². The van der Waals surface area contributed by atoms with Crippen LogP contribution in [0.3, 0.4) is 0 Å². The van der Waals surface area contributed by atoms with E-state index in [0.717, 1.165) is 6.42 Å². The fourth-order valence-electron chi connectivity index (χ4n) is 0.0913. The summed E-state index contributed by atoms with van der Waals surface area (Å²) in [6, 6.07) is 0. The van der Waals surface area contributed by atoms with Gasteiger partial charge in [0.25, 0.3) is 0 Å². The minimum atomic E-state index is 0.219. The second kappa shape index (κ2) is 16.2. The summed E-state index contributed by atoms with van der Waals surface area (Å²) in [5.41, 5.74) is 4.98. The van der Waals surface area contributed by atoms with E-state index in [0.29, 0.717) is 6.54 Å². The topological polar surface area (TPSA) is 95.9 Å². The van der Waals surface area contributed by atoms with Gasteiger partial charge in [0.15, 0.2) is 5.34 Å². The Kier molecular flexibility index (Phi) is 21.0. The SMILES string of the molecule is NCCCO.O=NO. The predicted octanol–water partition coefficient (Wildman–Crippen LogP) is -0.530. The average molecular weight is 122 g/mol. The number of nitrogens with zero attached hydrogens (tertiary/aromatic N) is 1. The van der Waals surface area contributed by atoms with Crippen LogP contribution in [0.5, 0.6) is 0 Å². The Morgan fingerprint density at radius 1 is 1.62 bits per heavy atom. The highest BCUT2D eigenvalue weighted by Gasteiger charge is 1.69. The molecule has 0 aromatic rings. The molecule has 0 heterocycles. The minimum absolute atomic E-state index is 0.219. The maximum atomic E-state index is 8.11. The van der Waals surface area contributed by atoms with E-state index in [1.165, 1.54) is 5.34 Å². The summed E-state index contributed by atoms with van der Waals surface area (Å²) in [4.78, 5) is 8.11. The van der Waals surface area contributed by atoms with E-state index in [-0.39, 0.29) is 6.61 Å².